The summed E-state index contributed by atoms with van der Waals surface area (Å²) in [6.07, 6.45) is 8.39. The highest BCUT2D eigenvalue weighted by Crippen LogP contribution is 2.37. The van der Waals surface area contributed by atoms with Crippen LogP contribution in [0, 0.1) is 0 Å². The van der Waals surface area contributed by atoms with Gasteiger partial charge in [0, 0.05) is 11.6 Å². The zero-order chi connectivity index (χ0) is 18.4. The van der Waals surface area contributed by atoms with Crippen LogP contribution < -0.4 is 4.74 Å². The van der Waals surface area contributed by atoms with Crippen molar-refractivity contribution >= 4 is 5.97 Å². The standard InChI is InChI=1S/C17H28O2.C3H4O2/c1-4-6-7-8-9-11-14(3)17-15(18)12-10-13-16(17)19-5-2;1-2-3(4)5/h10,12-14,18H,4-9,11H2,1-3H3;2H,1H2,(H,4,5). The molecule has 1 aromatic carbocycles. The molecule has 1 rings (SSSR count). The Morgan fingerprint density at radius 1 is 1.25 bits per heavy atom. The molecule has 0 saturated heterocycles. The molecule has 0 aliphatic heterocycles. The third-order valence-electron chi connectivity index (χ3n) is 3.75. The van der Waals surface area contributed by atoms with E-state index in [1.54, 1.807) is 6.07 Å². The Labute approximate surface area is 146 Å². The maximum absolute atomic E-state index is 10.0. The first-order valence-electron chi connectivity index (χ1n) is 8.77. The molecule has 1 aromatic rings. The summed E-state index contributed by atoms with van der Waals surface area (Å²) in [6, 6.07) is 5.55. The summed E-state index contributed by atoms with van der Waals surface area (Å²) in [5.74, 6) is 0.574. The molecule has 0 bridgehead atoms. The normalized spacial score (nSPS) is 11.1. The van der Waals surface area contributed by atoms with Crippen LogP contribution in [0.1, 0.15) is 70.8 Å². The van der Waals surface area contributed by atoms with Crippen molar-refractivity contribution in [2.75, 3.05) is 6.61 Å². The number of hydrogen-bond acceptors (Lipinski definition) is 3. The largest absolute Gasteiger partial charge is 0.508 e. The van der Waals surface area contributed by atoms with E-state index in [2.05, 4.69) is 20.4 Å². The van der Waals surface area contributed by atoms with Crippen LogP contribution in [-0.2, 0) is 4.79 Å². The third kappa shape index (κ3) is 9.23. The van der Waals surface area contributed by atoms with Crippen LogP contribution in [0.4, 0.5) is 0 Å². The van der Waals surface area contributed by atoms with E-state index in [0.717, 1.165) is 23.8 Å². The van der Waals surface area contributed by atoms with E-state index in [4.69, 9.17) is 9.84 Å². The molecular formula is C20H32O4. The van der Waals surface area contributed by atoms with E-state index in [1.165, 1.54) is 32.1 Å². The molecule has 0 aliphatic rings. The number of phenolic OH excluding ortho intramolecular Hbond substituents is 1. The van der Waals surface area contributed by atoms with Crippen LogP contribution in [-0.4, -0.2) is 22.8 Å². The fourth-order valence-corrected chi connectivity index (χ4v) is 2.51. The van der Waals surface area contributed by atoms with E-state index >= 15 is 0 Å². The highest BCUT2D eigenvalue weighted by Gasteiger charge is 2.15. The molecule has 0 heterocycles. The minimum Gasteiger partial charge on any atom is -0.508 e. The summed E-state index contributed by atoms with van der Waals surface area (Å²) in [6.45, 7) is 9.99. The van der Waals surface area contributed by atoms with E-state index in [0.29, 0.717) is 18.3 Å². The van der Waals surface area contributed by atoms with Gasteiger partial charge in [0.05, 0.1) is 6.61 Å². The number of carbonyl (C=O) groups is 1. The number of carboxylic acid groups (broad SMARTS) is 1. The molecule has 0 spiro atoms. The van der Waals surface area contributed by atoms with E-state index in [1.807, 2.05) is 19.1 Å². The number of carboxylic acids is 1. The van der Waals surface area contributed by atoms with Crippen LogP contribution in [0.3, 0.4) is 0 Å². The zero-order valence-electron chi connectivity index (χ0n) is 15.3. The monoisotopic (exact) mass is 336 g/mol. The molecular weight excluding hydrogens is 304 g/mol. The number of aliphatic carboxylic acids is 1. The molecule has 1 atom stereocenters. The van der Waals surface area contributed by atoms with Gasteiger partial charge in [0.1, 0.15) is 11.5 Å². The fraction of sp³-hybridized carbons (Fsp3) is 0.550. The molecule has 4 nitrogen and oxygen atoms in total. The molecule has 0 fully saturated rings. The van der Waals surface area contributed by atoms with Gasteiger partial charge in [0.2, 0.25) is 0 Å². The lowest BCUT2D eigenvalue weighted by Gasteiger charge is -2.17. The molecule has 4 heteroatoms. The first kappa shape index (κ1) is 22.0. The van der Waals surface area contributed by atoms with Crippen LogP contribution in [0.25, 0.3) is 0 Å². The maximum atomic E-state index is 10.0. The van der Waals surface area contributed by atoms with Crippen LogP contribution >= 0.6 is 0 Å². The Kier molecular flexibility index (Phi) is 12.4. The van der Waals surface area contributed by atoms with Crippen LogP contribution in [0.5, 0.6) is 11.5 Å². The van der Waals surface area contributed by atoms with Gasteiger partial charge in [-0.3, -0.25) is 0 Å². The second-order valence-electron chi connectivity index (χ2n) is 5.77. The summed E-state index contributed by atoms with van der Waals surface area (Å²) in [5, 5.41) is 17.7. The number of phenols is 1. The van der Waals surface area contributed by atoms with Crippen molar-refractivity contribution in [2.45, 2.75) is 65.2 Å². The number of rotatable bonds is 10. The quantitative estimate of drug-likeness (QED) is 0.436. The van der Waals surface area contributed by atoms with Gasteiger partial charge in [-0.15, -0.1) is 0 Å². The molecule has 136 valence electrons. The lowest BCUT2D eigenvalue weighted by Crippen LogP contribution is -2.01. The molecule has 0 saturated carbocycles. The van der Waals surface area contributed by atoms with Crippen molar-refractivity contribution in [1.29, 1.82) is 0 Å². The number of benzene rings is 1. The van der Waals surface area contributed by atoms with E-state index in [-0.39, 0.29) is 0 Å². The first-order chi connectivity index (χ1) is 11.5. The maximum Gasteiger partial charge on any atom is 0.327 e. The van der Waals surface area contributed by atoms with Crippen LogP contribution in [0.15, 0.2) is 30.9 Å². The minimum absolute atomic E-state index is 0.351. The first-order valence-corrected chi connectivity index (χ1v) is 8.77. The van der Waals surface area contributed by atoms with Crippen molar-refractivity contribution in [3.05, 3.63) is 36.4 Å². The smallest absolute Gasteiger partial charge is 0.327 e. The Balaban J connectivity index is 0.000000922. The lowest BCUT2D eigenvalue weighted by molar-refractivity contribution is -0.131. The SMILES string of the molecule is C=CC(=O)O.CCCCCCCC(C)c1c(O)cccc1OCC. The number of ether oxygens (including phenoxy) is 1. The Hall–Kier alpha value is -1.97. The van der Waals surface area contributed by atoms with Crippen molar-refractivity contribution < 1.29 is 19.7 Å². The van der Waals surface area contributed by atoms with Gasteiger partial charge in [-0.2, -0.15) is 0 Å². The summed E-state index contributed by atoms with van der Waals surface area (Å²) < 4.78 is 5.62. The van der Waals surface area contributed by atoms with Crippen molar-refractivity contribution in [1.82, 2.24) is 0 Å². The Bertz CT molecular complexity index is 483. The summed E-state index contributed by atoms with van der Waals surface area (Å²) in [5.41, 5.74) is 0.972. The predicted molar refractivity (Wildman–Crippen MR) is 98.9 cm³/mol. The van der Waals surface area contributed by atoms with Gasteiger partial charge in [0.15, 0.2) is 0 Å². The van der Waals surface area contributed by atoms with Crippen molar-refractivity contribution in [3.8, 4) is 11.5 Å². The fourth-order valence-electron chi connectivity index (χ4n) is 2.51. The van der Waals surface area contributed by atoms with Gasteiger partial charge in [-0.1, -0.05) is 58.6 Å². The number of unbranched alkanes of at least 4 members (excludes halogenated alkanes) is 4. The topological polar surface area (TPSA) is 66.8 Å². The average molecular weight is 336 g/mol. The summed E-state index contributed by atoms with van der Waals surface area (Å²) in [4.78, 5) is 9.25. The predicted octanol–water partition coefficient (Wildman–Crippen LogP) is 5.51. The second-order valence-corrected chi connectivity index (χ2v) is 5.77. The molecule has 1 unspecified atom stereocenters. The van der Waals surface area contributed by atoms with E-state index < -0.39 is 5.97 Å². The van der Waals surface area contributed by atoms with Gasteiger partial charge in [-0.05, 0) is 31.4 Å². The molecule has 24 heavy (non-hydrogen) atoms. The number of aromatic hydroxyl groups is 1. The molecule has 0 radical (unpaired) electrons. The van der Waals surface area contributed by atoms with Crippen LogP contribution in [0.2, 0.25) is 0 Å². The second kappa shape index (κ2) is 13.5. The molecule has 0 amide bonds. The van der Waals surface area contributed by atoms with Gasteiger partial charge >= 0.3 is 5.97 Å². The highest BCUT2D eigenvalue weighted by molar-refractivity contribution is 5.78. The number of hydrogen-bond donors (Lipinski definition) is 2. The van der Waals surface area contributed by atoms with Crippen molar-refractivity contribution in [2.24, 2.45) is 0 Å². The Morgan fingerprint density at radius 2 is 1.88 bits per heavy atom. The van der Waals surface area contributed by atoms with Gasteiger partial charge in [-0.25, -0.2) is 4.79 Å². The Morgan fingerprint density at radius 3 is 2.42 bits per heavy atom. The molecule has 2 N–H and O–H groups in total. The summed E-state index contributed by atoms with van der Waals surface area (Å²) in [7, 11) is 0. The third-order valence-corrected chi connectivity index (χ3v) is 3.75. The van der Waals surface area contributed by atoms with Crippen molar-refractivity contribution in [3.63, 3.8) is 0 Å². The van der Waals surface area contributed by atoms with E-state index in [9.17, 15) is 9.90 Å². The average Bonchev–Trinajstić information content (AvgIpc) is 2.55. The molecule has 0 aliphatic carbocycles. The van der Waals surface area contributed by atoms with Gasteiger partial charge < -0.3 is 14.9 Å². The summed E-state index contributed by atoms with van der Waals surface area (Å²) >= 11 is 0. The minimum atomic E-state index is -0.981. The van der Waals surface area contributed by atoms with Gasteiger partial charge in [0.25, 0.3) is 0 Å². The lowest BCUT2D eigenvalue weighted by atomic mass is 9.93. The highest BCUT2D eigenvalue weighted by atomic mass is 16.5. The zero-order valence-corrected chi connectivity index (χ0v) is 15.3. The molecule has 0 aromatic heterocycles.